The van der Waals surface area contributed by atoms with Crippen LogP contribution in [0.5, 0.6) is 5.75 Å². The Morgan fingerprint density at radius 2 is 2.00 bits per heavy atom. The highest BCUT2D eigenvalue weighted by atomic mass is 32.2. The van der Waals surface area contributed by atoms with E-state index in [-0.39, 0.29) is 10.6 Å². The van der Waals surface area contributed by atoms with Crippen molar-refractivity contribution >= 4 is 27.8 Å². The van der Waals surface area contributed by atoms with Gasteiger partial charge >= 0.3 is 5.97 Å². The molecule has 0 radical (unpaired) electrons. The molecule has 0 fully saturated rings. The molecule has 1 heterocycles. The molecule has 6 nitrogen and oxygen atoms in total. The third-order valence-corrected chi connectivity index (χ3v) is 6.09. The molecule has 0 atom stereocenters. The first-order chi connectivity index (χ1) is 12.4. The lowest BCUT2D eigenvalue weighted by molar-refractivity contribution is -0.131. The predicted octanol–water partition coefficient (Wildman–Crippen LogP) is 2.93. The van der Waals surface area contributed by atoms with E-state index in [2.05, 4.69) is 0 Å². The van der Waals surface area contributed by atoms with Crippen molar-refractivity contribution in [1.82, 2.24) is 0 Å². The monoisotopic (exact) mass is 373 g/mol. The number of para-hydroxylation sites is 1. The third kappa shape index (κ3) is 3.43. The number of hydrogen-bond donors (Lipinski definition) is 1. The largest absolute Gasteiger partial charge is 0.495 e. The maximum Gasteiger partial charge on any atom is 0.328 e. The minimum atomic E-state index is -3.80. The van der Waals surface area contributed by atoms with Crippen molar-refractivity contribution in [3.05, 3.63) is 59.7 Å². The summed E-state index contributed by atoms with van der Waals surface area (Å²) in [6.07, 6.45) is 3.97. The van der Waals surface area contributed by atoms with Crippen LogP contribution >= 0.6 is 0 Å². The molecule has 2 aromatic rings. The first-order valence-electron chi connectivity index (χ1n) is 8.13. The van der Waals surface area contributed by atoms with Crippen LogP contribution in [-0.4, -0.2) is 33.1 Å². The number of rotatable bonds is 5. The van der Waals surface area contributed by atoms with Crippen molar-refractivity contribution < 1.29 is 23.1 Å². The van der Waals surface area contributed by atoms with E-state index in [1.54, 1.807) is 6.07 Å². The Kier molecular flexibility index (Phi) is 4.99. The van der Waals surface area contributed by atoms with Crippen LogP contribution in [0.1, 0.15) is 17.5 Å². The Morgan fingerprint density at radius 1 is 1.23 bits per heavy atom. The number of sulfonamides is 1. The van der Waals surface area contributed by atoms with Crippen LogP contribution < -0.4 is 9.04 Å². The topological polar surface area (TPSA) is 83.9 Å². The molecule has 0 spiro atoms. The van der Waals surface area contributed by atoms with E-state index < -0.39 is 16.0 Å². The number of nitrogens with zero attached hydrogens (tertiary/aromatic N) is 1. The summed E-state index contributed by atoms with van der Waals surface area (Å²) in [5.74, 6) is -0.897. The van der Waals surface area contributed by atoms with Crippen molar-refractivity contribution in [3.8, 4) is 5.75 Å². The lowest BCUT2D eigenvalue weighted by Gasteiger charge is -2.30. The number of carboxylic acids is 1. The average molecular weight is 373 g/mol. The molecule has 1 aliphatic heterocycles. The molecule has 0 saturated carbocycles. The van der Waals surface area contributed by atoms with Crippen LogP contribution in [0.4, 0.5) is 5.69 Å². The van der Waals surface area contributed by atoms with E-state index >= 15 is 0 Å². The molecular weight excluding hydrogens is 354 g/mol. The fourth-order valence-electron chi connectivity index (χ4n) is 3.04. The highest BCUT2D eigenvalue weighted by Gasteiger charge is 2.31. The second kappa shape index (κ2) is 7.21. The summed E-state index contributed by atoms with van der Waals surface area (Å²) >= 11 is 0. The molecule has 0 saturated heterocycles. The van der Waals surface area contributed by atoms with Gasteiger partial charge in [-0.3, -0.25) is 4.31 Å². The highest BCUT2D eigenvalue weighted by molar-refractivity contribution is 7.93. The van der Waals surface area contributed by atoms with Crippen molar-refractivity contribution in [2.24, 2.45) is 0 Å². The minimum absolute atomic E-state index is 0.0594. The van der Waals surface area contributed by atoms with Crippen LogP contribution in [0.15, 0.2) is 53.4 Å². The number of carboxylic acid groups (broad SMARTS) is 1. The third-order valence-electron chi connectivity index (χ3n) is 4.24. The highest BCUT2D eigenvalue weighted by Crippen LogP contribution is 2.35. The van der Waals surface area contributed by atoms with E-state index in [9.17, 15) is 13.2 Å². The summed E-state index contributed by atoms with van der Waals surface area (Å²) in [4.78, 5) is 10.7. The van der Waals surface area contributed by atoms with Gasteiger partial charge in [-0.2, -0.15) is 0 Å². The molecule has 0 aromatic heterocycles. The number of hydrogen-bond acceptors (Lipinski definition) is 4. The average Bonchev–Trinajstić information content (AvgIpc) is 2.65. The van der Waals surface area contributed by atoms with Gasteiger partial charge in [0.25, 0.3) is 10.0 Å². The van der Waals surface area contributed by atoms with Gasteiger partial charge in [-0.1, -0.05) is 24.3 Å². The molecule has 2 aromatic carbocycles. The Balaban J connectivity index is 2.04. The predicted molar refractivity (Wildman–Crippen MR) is 99.0 cm³/mol. The normalized spacial score (nSPS) is 14.3. The quantitative estimate of drug-likeness (QED) is 0.815. The van der Waals surface area contributed by atoms with Gasteiger partial charge in [0, 0.05) is 12.6 Å². The summed E-state index contributed by atoms with van der Waals surface area (Å²) in [5.41, 5.74) is 2.24. The zero-order valence-corrected chi connectivity index (χ0v) is 15.1. The van der Waals surface area contributed by atoms with Crippen LogP contribution in [-0.2, 0) is 21.2 Å². The number of fused-ring (bicyclic) bond motifs is 1. The fraction of sp³-hybridized carbons (Fsp3) is 0.211. The number of anilines is 1. The van der Waals surface area contributed by atoms with E-state index in [1.807, 2.05) is 24.3 Å². The molecule has 26 heavy (non-hydrogen) atoms. The van der Waals surface area contributed by atoms with Gasteiger partial charge in [0.15, 0.2) is 0 Å². The first-order valence-corrected chi connectivity index (χ1v) is 9.57. The molecule has 0 aliphatic carbocycles. The molecular formula is C19H19NO5S. The fourth-order valence-corrected chi connectivity index (χ4v) is 4.72. The summed E-state index contributed by atoms with van der Waals surface area (Å²) in [6, 6.07) is 12.0. The van der Waals surface area contributed by atoms with E-state index in [1.165, 1.54) is 29.6 Å². The summed E-state index contributed by atoms with van der Waals surface area (Å²) < 4.78 is 33.2. The number of benzene rings is 2. The number of aryl methyl sites for hydroxylation is 1. The minimum Gasteiger partial charge on any atom is -0.495 e. The van der Waals surface area contributed by atoms with Crippen LogP contribution in [0.25, 0.3) is 6.08 Å². The van der Waals surface area contributed by atoms with Crippen molar-refractivity contribution in [3.63, 3.8) is 0 Å². The Bertz CT molecular complexity index is 966. The Morgan fingerprint density at radius 3 is 2.73 bits per heavy atom. The van der Waals surface area contributed by atoms with E-state index in [0.29, 0.717) is 17.8 Å². The lowest BCUT2D eigenvalue weighted by atomic mass is 10.0. The second-order valence-corrected chi connectivity index (χ2v) is 7.72. The van der Waals surface area contributed by atoms with Gasteiger partial charge in [-0.25, -0.2) is 13.2 Å². The van der Waals surface area contributed by atoms with Crippen LogP contribution in [0.3, 0.4) is 0 Å². The van der Waals surface area contributed by atoms with Crippen LogP contribution in [0, 0.1) is 0 Å². The molecule has 0 unspecified atom stereocenters. The zero-order chi connectivity index (χ0) is 18.7. The Hall–Kier alpha value is -2.80. The van der Waals surface area contributed by atoms with Crippen LogP contribution in [0.2, 0.25) is 0 Å². The maximum atomic E-state index is 13.2. The van der Waals surface area contributed by atoms with Crippen molar-refractivity contribution in [2.75, 3.05) is 18.0 Å². The van der Waals surface area contributed by atoms with Gasteiger partial charge < -0.3 is 9.84 Å². The standard InChI is InChI=1S/C19H19NO5S/c1-25-17-13-14(9-11-19(21)22)8-10-18(17)26(23,24)20-12-4-6-15-5-2-3-7-16(15)20/h2-3,5,7-11,13H,4,6,12H2,1H3,(H,21,22)/b11-9+. The lowest BCUT2D eigenvalue weighted by Crippen LogP contribution is -2.35. The van der Waals surface area contributed by atoms with Gasteiger partial charge in [0.05, 0.1) is 12.8 Å². The first kappa shape index (κ1) is 18.0. The van der Waals surface area contributed by atoms with Gasteiger partial charge in [0.1, 0.15) is 10.6 Å². The summed E-state index contributed by atoms with van der Waals surface area (Å²) in [7, 11) is -2.41. The molecule has 1 N–H and O–H groups in total. The number of carbonyl (C=O) groups is 1. The van der Waals surface area contributed by atoms with E-state index in [4.69, 9.17) is 9.84 Å². The SMILES string of the molecule is COc1cc(/C=C/C(=O)O)ccc1S(=O)(=O)N1CCCc2ccccc21. The molecule has 7 heteroatoms. The van der Waals surface area contributed by atoms with Crippen molar-refractivity contribution in [1.29, 1.82) is 0 Å². The van der Waals surface area contributed by atoms with Crippen molar-refractivity contribution in [2.45, 2.75) is 17.7 Å². The molecule has 136 valence electrons. The second-order valence-electron chi connectivity index (χ2n) is 5.89. The summed E-state index contributed by atoms with van der Waals surface area (Å²) in [5, 5.41) is 8.73. The molecule has 1 aliphatic rings. The van der Waals surface area contributed by atoms with Gasteiger partial charge in [-0.15, -0.1) is 0 Å². The number of ether oxygens (including phenoxy) is 1. The summed E-state index contributed by atoms with van der Waals surface area (Å²) in [6.45, 7) is 0.406. The number of aliphatic carboxylic acids is 1. The Labute approximate surface area is 152 Å². The smallest absolute Gasteiger partial charge is 0.328 e. The molecule has 0 amide bonds. The zero-order valence-electron chi connectivity index (χ0n) is 14.3. The van der Waals surface area contributed by atoms with E-state index in [0.717, 1.165) is 24.5 Å². The van der Waals surface area contributed by atoms with Gasteiger partial charge in [-0.05, 0) is 48.2 Å². The molecule has 0 bridgehead atoms. The maximum absolute atomic E-state index is 13.2. The van der Waals surface area contributed by atoms with Gasteiger partial charge in [0.2, 0.25) is 0 Å². The number of methoxy groups -OCH3 is 1. The molecule has 3 rings (SSSR count).